The van der Waals surface area contributed by atoms with Gasteiger partial charge in [-0.3, -0.25) is 9.59 Å². The predicted octanol–water partition coefficient (Wildman–Crippen LogP) is 4.44. The molecule has 5 heteroatoms. The second kappa shape index (κ2) is 7.43. The molecule has 1 saturated heterocycles. The van der Waals surface area contributed by atoms with E-state index < -0.39 is 5.92 Å². The van der Waals surface area contributed by atoms with Gasteiger partial charge in [0, 0.05) is 53.5 Å². The van der Waals surface area contributed by atoms with Crippen LogP contribution in [0.15, 0.2) is 46.8 Å². The molecule has 4 rings (SSSR count). The van der Waals surface area contributed by atoms with Crippen molar-refractivity contribution in [1.29, 1.82) is 0 Å². The molecule has 2 heterocycles. The second-order valence-corrected chi connectivity index (χ2v) is 9.30. The summed E-state index contributed by atoms with van der Waals surface area (Å²) in [6, 6.07) is 6.53. The minimum absolute atomic E-state index is 0.00782. The van der Waals surface area contributed by atoms with Gasteiger partial charge in [0.1, 0.15) is 5.82 Å². The van der Waals surface area contributed by atoms with Crippen molar-refractivity contribution >= 4 is 11.7 Å². The van der Waals surface area contributed by atoms with Crippen molar-refractivity contribution in [2.45, 2.75) is 58.8 Å². The Morgan fingerprint density at radius 3 is 2.52 bits per heavy atom. The van der Waals surface area contributed by atoms with Crippen LogP contribution in [-0.2, 0) is 9.59 Å². The Morgan fingerprint density at radius 1 is 1.14 bits per heavy atom. The summed E-state index contributed by atoms with van der Waals surface area (Å²) in [5.41, 5.74) is 2.92. The smallest absolute Gasteiger partial charge is 0.252 e. The summed E-state index contributed by atoms with van der Waals surface area (Å²) in [4.78, 5) is 28.6. The number of carbonyl (C=O) groups excluding carboxylic acids is 2. The monoisotopic (exact) mass is 396 g/mol. The lowest BCUT2D eigenvalue weighted by atomic mass is 9.68. The highest BCUT2D eigenvalue weighted by atomic mass is 19.1. The number of carbonyl (C=O) groups is 2. The lowest BCUT2D eigenvalue weighted by molar-refractivity contribution is -0.128. The summed E-state index contributed by atoms with van der Waals surface area (Å²) in [6.45, 7) is 7.45. The molecular formula is C24H29FN2O2. The number of hydrogen-bond donors (Lipinski definition) is 1. The number of allylic oxidation sites excluding steroid dienone is 3. The Labute approximate surface area is 171 Å². The van der Waals surface area contributed by atoms with Gasteiger partial charge in [-0.2, -0.15) is 0 Å². The Kier molecular flexibility index (Phi) is 5.09. The lowest BCUT2D eigenvalue weighted by Crippen LogP contribution is -2.43. The highest BCUT2D eigenvalue weighted by Gasteiger charge is 2.44. The SMILES string of the molecule is CC1=C(C(=O)N2CCCCC2)[C@@H](c2ccccc2F)C2=C(CC(C)(C)CC2=O)N1. The third-order valence-corrected chi connectivity index (χ3v) is 6.33. The van der Waals surface area contributed by atoms with Crippen molar-refractivity contribution in [2.24, 2.45) is 5.41 Å². The van der Waals surface area contributed by atoms with E-state index in [4.69, 9.17) is 0 Å². The van der Waals surface area contributed by atoms with Crippen LogP contribution in [0.1, 0.15) is 64.4 Å². The van der Waals surface area contributed by atoms with Gasteiger partial charge in [-0.25, -0.2) is 4.39 Å². The maximum atomic E-state index is 14.9. The molecule has 4 nitrogen and oxygen atoms in total. The number of piperidine rings is 1. The van der Waals surface area contributed by atoms with Crippen molar-refractivity contribution in [3.05, 3.63) is 58.2 Å². The number of nitrogens with one attached hydrogen (secondary N) is 1. The molecule has 154 valence electrons. The second-order valence-electron chi connectivity index (χ2n) is 9.30. The molecule has 1 N–H and O–H groups in total. The fraction of sp³-hybridized carbons (Fsp3) is 0.500. The topological polar surface area (TPSA) is 49.4 Å². The molecule has 0 aromatic heterocycles. The van der Waals surface area contributed by atoms with Crippen LogP contribution in [0, 0.1) is 11.2 Å². The molecule has 0 saturated carbocycles. The maximum absolute atomic E-state index is 14.9. The number of hydrogen-bond acceptors (Lipinski definition) is 3. The zero-order chi connectivity index (χ0) is 20.8. The summed E-state index contributed by atoms with van der Waals surface area (Å²) in [5.74, 6) is -1.09. The van der Waals surface area contributed by atoms with Crippen LogP contribution in [0.25, 0.3) is 0 Å². The van der Waals surface area contributed by atoms with Gasteiger partial charge in [0.15, 0.2) is 5.78 Å². The van der Waals surface area contributed by atoms with Crippen LogP contribution in [0.5, 0.6) is 0 Å². The van der Waals surface area contributed by atoms with Crippen LogP contribution >= 0.6 is 0 Å². The number of rotatable bonds is 2. The summed E-state index contributed by atoms with van der Waals surface area (Å²) in [6.07, 6.45) is 4.21. The first-order valence-corrected chi connectivity index (χ1v) is 10.6. The van der Waals surface area contributed by atoms with Crippen LogP contribution in [0.2, 0.25) is 0 Å². The Balaban J connectivity index is 1.85. The molecule has 1 amide bonds. The van der Waals surface area contributed by atoms with E-state index in [1.165, 1.54) is 6.07 Å². The first kappa shape index (κ1) is 19.9. The summed E-state index contributed by atoms with van der Waals surface area (Å²) >= 11 is 0. The average molecular weight is 397 g/mol. The molecule has 0 spiro atoms. The number of dihydropyridines is 1. The number of ketones is 1. The number of nitrogens with zero attached hydrogens (tertiary/aromatic N) is 1. The van der Waals surface area contributed by atoms with Crippen molar-refractivity contribution < 1.29 is 14.0 Å². The van der Waals surface area contributed by atoms with Gasteiger partial charge in [-0.15, -0.1) is 0 Å². The quantitative estimate of drug-likeness (QED) is 0.804. The van der Waals surface area contributed by atoms with Crippen LogP contribution < -0.4 is 5.32 Å². The summed E-state index contributed by atoms with van der Waals surface area (Å²) in [7, 11) is 0. The van der Waals surface area contributed by atoms with Crippen LogP contribution in [0.3, 0.4) is 0 Å². The molecule has 1 aromatic carbocycles. The Morgan fingerprint density at radius 2 is 1.83 bits per heavy atom. The normalized spacial score (nSPS) is 24.3. The molecular weight excluding hydrogens is 367 g/mol. The molecule has 1 atom stereocenters. The first-order chi connectivity index (χ1) is 13.8. The standard InChI is InChI=1S/C24H29FN2O2/c1-15-20(23(29)27-11-7-4-8-12-27)21(16-9-5-6-10-17(16)25)22-18(26-15)13-24(2,3)14-19(22)28/h5-6,9-10,21,26H,4,7-8,11-14H2,1-3H3/t21-/m1/s1. The average Bonchev–Trinajstić information content (AvgIpc) is 2.66. The van der Waals surface area contributed by atoms with Gasteiger partial charge in [0.25, 0.3) is 5.91 Å². The zero-order valence-corrected chi connectivity index (χ0v) is 17.5. The van der Waals surface area contributed by atoms with Gasteiger partial charge in [-0.05, 0) is 44.1 Å². The summed E-state index contributed by atoms with van der Waals surface area (Å²) in [5, 5.41) is 3.36. The number of halogens is 1. The van der Waals surface area contributed by atoms with E-state index in [1.807, 2.05) is 11.8 Å². The van der Waals surface area contributed by atoms with Gasteiger partial charge in [0.2, 0.25) is 0 Å². The molecule has 1 fully saturated rings. The summed E-state index contributed by atoms with van der Waals surface area (Å²) < 4.78 is 14.9. The number of amides is 1. The molecule has 0 radical (unpaired) electrons. The van der Waals surface area contributed by atoms with E-state index in [1.54, 1.807) is 18.2 Å². The Hall–Kier alpha value is -2.43. The number of benzene rings is 1. The van der Waals surface area contributed by atoms with E-state index in [2.05, 4.69) is 19.2 Å². The minimum atomic E-state index is -0.648. The number of Topliss-reactive ketones (excluding diaryl/α,β-unsaturated/α-hetero) is 1. The predicted molar refractivity (Wildman–Crippen MR) is 110 cm³/mol. The van der Waals surface area contributed by atoms with Gasteiger partial charge in [-0.1, -0.05) is 32.0 Å². The minimum Gasteiger partial charge on any atom is -0.362 e. The van der Waals surface area contributed by atoms with Crippen LogP contribution in [0.4, 0.5) is 4.39 Å². The largest absolute Gasteiger partial charge is 0.362 e. The van der Waals surface area contributed by atoms with E-state index >= 15 is 0 Å². The van der Waals surface area contributed by atoms with Crippen molar-refractivity contribution in [3.8, 4) is 0 Å². The first-order valence-electron chi connectivity index (χ1n) is 10.6. The fourth-order valence-electron chi connectivity index (χ4n) is 5.01. The molecule has 1 aliphatic carbocycles. The van der Waals surface area contributed by atoms with Crippen molar-refractivity contribution in [3.63, 3.8) is 0 Å². The third kappa shape index (κ3) is 3.63. The van der Waals surface area contributed by atoms with Crippen molar-refractivity contribution in [1.82, 2.24) is 10.2 Å². The van der Waals surface area contributed by atoms with Gasteiger partial charge < -0.3 is 10.2 Å². The van der Waals surface area contributed by atoms with E-state index in [9.17, 15) is 14.0 Å². The molecule has 2 aliphatic heterocycles. The van der Waals surface area contributed by atoms with Crippen molar-refractivity contribution in [2.75, 3.05) is 13.1 Å². The molecule has 1 aromatic rings. The zero-order valence-electron chi connectivity index (χ0n) is 17.5. The van der Waals surface area contributed by atoms with E-state index in [-0.39, 0.29) is 22.9 Å². The third-order valence-electron chi connectivity index (χ3n) is 6.33. The fourth-order valence-corrected chi connectivity index (χ4v) is 5.01. The maximum Gasteiger partial charge on any atom is 0.252 e. The lowest BCUT2D eigenvalue weighted by Gasteiger charge is -2.41. The molecule has 3 aliphatic rings. The molecule has 0 unspecified atom stereocenters. The van der Waals surface area contributed by atoms with E-state index in [0.29, 0.717) is 42.6 Å². The van der Waals surface area contributed by atoms with Crippen LogP contribution in [-0.4, -0.2) is 29.7 Å². The number of likely N-dealkylation sites (tertiary alicyclic amines) is 1. The van der Waals surface area contributed by atoms with E-state index in [0.717, 1.165) is 30.7 Å². The highest BCUT2D eigenvalue weighted by molar-refractivity contribution is 6.05. The Bertz CT molecular complexity index is 923. The van der Waals surface area contributed by atoms with Gasteiger partial charge >= 0.3 is 0 Å². The molecule has 0 bridgehead atoms. The highest BCUT2D eigenvalue weighted by Crippen LogP contribution is 2.47. The molecule has 29 heavy (non-hydrogen) atoms. The van der Waals surface area contributed by atoms with Gasteiger partial charge in [0.05, 0.1) is 0 Å².